The number of anilines is 1. The molecule has 0 saturated heterocycles. The third-order valence-electron chi connectivity index (χ3n) is 2.34. The van der Waals surface area contributed by atoms with Crippen LogP contribution in [0.2, 0.25) is 0 Å². The van der Waals surface area contributed by atoms with E-state index in [1.54, 1.807) is 7.11 Å². The Bertz CT molecular complexity index is 575. The van der Waals surface area contributed by atoms with Crippen LogP contribution in [-0.4, -0.2) is 7.11 Å². The fourth-order valence-corrected chi connectivity index (χ4v) is 1.86. The first-order chi connectivity index (χ1) is 7.15. The second-order valence-corrected chi connectivity index (χ2v) is 3.72. The van der Waals surface area contributed by atoms with E-state index in [4.69, 9.17) is 27.1 Å². The van der Waals surface area contributed by atoms with Crippen molar-refractivity contribution in [2.75, 3.05) is 12.8 Å². The summed E-state index contributed by atoms with van der Waals surface area (Å²) in [6, 6.07) is 3.73. The molecule has 0 aliphatic rings. The molecule has 0 radical (unpaired) electrons. The van der Waals surface area contributed by atoms with Gasteiger partial charge >= 0.3 is 0 Å². The molecule has 15 heavy (non-hydrogen) atoms. The zero-order valence-electron chi connectivity index (χ0n) is 8.53. The molecule has 1 heterocycles. The molecular weight excluding hydrogens is 210 g/mol. The first kappa shape index (κ1) is 9.98. The quantitative estimate of drug-likeness (QED) is 0.594. The van der Waals surface area contributed by atoms with Crippen LogP contribution in [0.4, 0.5) is 5.69 Å². The van der Waals surface area contributed by atoms with E-state index in [9.17, 15) is 0 Å². The molecule has 2 N–H and O–H groups in total. The van der Waals surface area contributed by atoms with E-state index in [-0.39, 0.29) is 0 Å². The Labute approximate surface area is 92.5 Å². The highest BCUT2D eigenvalue weighted by Gasteiger charge is 2.08. The van der Waals surface area contributed by atoms with E-state index >= 15 is 0 Å². The highest BCUT2D eigenvalue weighted by Crippen LogP contribution is 2.30. The van der Waals surface area contributed by atoms with Crippen LogP contribution in [0, 0.1) is 11.4 Å². The molecule has 0 unspecified atom stereocenters. The van der Waals surface area contributed by atoms with Gasteiger partial charge in [-0.05, 0) is 18.6 Å². The van der Waals surface area contributed by atoms with Gasteiger partial charge in [0, 0.05) is 5.69 Å². The molecule has 0 aliphatic carbocycles. The summed E-state index contributed by atoms with van der Waals surface area (Å²) in [5.41, 5.74) is 8.21. The predicted octanol–water partition coefficient (Wildman–Crippen LogP) is 3.06. The van der Waals surface area contributed by atoms with Gasteiger partial charge in [0.1, 0.15) is 11.8 Å². The van der Waals surface area contributed by atoms with Crippen molar-refractivity contribution in [1.29, 1.82) is 0 Å². The predicted molar refractivity (Wildman–Crippen MR) is 62.7 cm³/mol. The summed E-state index contributed by atoms with van der Waals surface area (Å²) in [5, 5.41) is 0.754. The van der Waals surface area contributed by atoms with Crippen LogP contribution in [0.5, 0.6) is 5.75 Å². The van der Waals surface area contributed by atoms with E-state index < -0.39 is 0 Å². The number of rotatable bonds is 1. The number of hydrogen-bond donors (Lipinski definition) is 1. The summed E-state index contributed by atoms with van der Waals surface area (Å²) in [6.07, 6.45) is 1.51. The van der Waals surface area contributed by atoms with Crippen molar-refractivity contribution in [2.24, 2.45) is 0 Å². The van der Waals surface area contributed by atoms with Crippen LogP contribution in [0.3, 0.4) is 0 Å². The van der Waals surface area contributed by atoms with Crippen molar-refractivity contribution in [2.45, 2.75) is 6.92 Å². The summed E-state index contributed by atoms with van der Waals surface area (Å²) in [4.78, 5) is 0. The number of nitrogen functional groups attached to an aromatic ring is 1. The van der Waals surface area contributed by atoms with Gasteiger partial charge in [-0.1, -0.05) is 18.3 Å². The molecule has 2 rings (SSSR count). The second kappa shape index (κ2) is 3.55. The normalized spacial score (nSPS) is 10.5. The maximum absolute atomic E-state index is 5.87. The fourth-order valence-electron chi connectivity index (χ4n) is 1.52. The van der Waals surface area contributed by atoms with Crippen molar-refractivity contribution in [3.8, 4) is 5.75 Å². The number of benzene rings is 1. The van der Waals surface area contributed by atoms with E-state index in [2.05, 4.69) is 0 Å². The minimum absolute atomic E-state index is 0.537. The van der Waals surface area contributed by atoms with Gasteiger partial charge in [0.2, 0.25) is 0 Å². The molecule has 0 atom stereocenters. The standard InChI is InChI=1S/C11H11NO2S/c1-6-3-4-7(12)9-10(6)14-5-8(13-2)11(9)15/h3-5H,12H2,1-2H3. The first-order valence-corrected chi connectivity index (χ1v) is 4.90. The fraction of sp³-hybridized carbons (Fsp3) is 0.182. The molecule has 2 aromatic rings. The van der Waals surface area contributed by atoms with Gasteiger partial charge < -0.3 is 14.9 Å². The van der Waals surface area contributed by atoms with Crippen LogP contribution in [0.1, 0.15) is 5.56 Å². The number of aryl methyl sites for hydroxylation is 1. The Kier molecular flexibility index (Phi) is 2.36. The maximum atomic E-state index is 5.87. The summed E-state index contributed by atoms with van der Waals surface area (Å²) >= 11 is 5.27. The number of methoxy groups -OCH3 is 1. The molecular formula is C11H11NO2S. The number of fused-ring (bicyclic) bond motifs is 1. The molecule has 4 heteroatoms. The second-order valence-electron chi connectivity index (χ2n) is 3.31. The van der Waals surface area contributed by atoms with Crippen LogP contribution in [-0.2, 0) is 0 Å². The van der Waals surface area contributed by atoms with Crippen LogP contribution in [0.25, 0.3) is 11.0 Å². The van der Waals surface area contributed by atoms with Gasteiger partial charge in [0.15, 0.2) is 5.75 Å². The minimum Gasteiger partial charge on any atom is -0.492 e. The van der Waals surface area contributed by atoms with Gasteiger partial charge in [-0.15, -0.1) is 0 Å². The monoisotopic (exact) mass is 221 g/mol. The Hall–Kier alpha value is -1.55. The lowest BCUT2D eigenvalue weighted by Crippen LogP contribution is -1.91. The molecule has 0 bridgehead atoms. The molecule has 0 fully saturated rings. The van der Waals surface area contributed by atoms with Gasteiger partial charge in [-0.25, -0.2) is 0 Å². The number of nitrogens with two attached hydrogens (primary N) is 1. The smallest absolute Gasteiger partial charge is 0.172 e. The van der Waals surface area contributed by atoms with Crippen molar-refractivity contribution >= 4 is 28.9 Å². The van der Waals surface area contributed by atoms with Crippen molar-refractivity contribution < 1.29 is 9.15 Å². The molecule has 0 amide bonds. The lowest BCUT2D eigenvalue weighted by molar-refractivity contribution is 0.396. The Morgan fingerprint density at radius 2 is 2.13 bits per heavy atom. The zero-order chi connectivity index (χ0) is 11.0. The minimum atomic E-state index is 0.537. The van der Waals surface area contributed by atoms with Crippen LogP contribution >= 0.6 is 12.2 Å². The summed E-state index contributed by atoms with van der Waals surface area (Å²) in [7, 11) is 1.55. The van der Waals surface area contributed by atoms with E-state index in [1.165, 1.54) is 6.26 Å². The van der Waals surface area contributed by atoms with E-state index in [1.807, 2.05) is 19.1 Å². The average molecular weight is 221 g/mol. The number of hydrogen-bond acceptors (Lipinski definition) is 4. The molecule has 1 aromatic carbocycles. The van der Waals surface area contributed by atoms with Crippen molar-refractivity contribution in [1.82, 2.24) is 0 Å². The highest BCUT2D eigenvalue weighted by molar-refractivity contribution is 7.71. The van der Waals surface area contributed by atoms with E-state index in [0.717, 1.165) is 16.5 Å². The van der Waals surface area contributed by atoms with E-state index in [0.29, 0.717) is 15.9 Å². The molecule has 78 valence electrons. The average Bonchev–Trinajstić information content (AvgIpc) is 2.23. The lowest BCUT2D eigenvalue weighted by Gasteiger charge is -2.06. The molecule has 0 aliphatic heterocycles. The summed E-state index contributed by atoms with van der Waals surface area (Å²) in [6.45, 7) is 1.95. The van der Waals surface area contributed by atoms with Gasteiger partial charge in [0.05, 0.1) is 17.0 Å². The largest absolute Gasteiger partial charge is 0.492 e. The number of ether oxygens (including phenoxy) is 1. The maximum Gasteiger partial charge on any atom is 0.172 e. The van der Waals surface area contributed by atoms with Gasteiger partial charge in [-0.2, -0.15) is 0 Å². The molecule has 3 nitrogen and oxygen atoms in total. The topological polar surface area (TPSA) is 48.4 Å². The van der Waals surface area contributed by atoms with Crippen molar-refractivity contribution in [3.63, 3.8) is 0 Å². The Balaban J connectivity index is 2.99. The summed E-state index contributed by atoms with van der Waals surface area (Å²) < 4.78 is 11.1. The van der Waals surface area contributed by atoms with Gasteiger partial charge in [0.25, 0.3) is 0 Å². The zero-order valence-corrected chi connectivity index (χ0v) is 9.35. The third kappa shape index (κ3) is 1.47. The van der Waals surface area contributed by atoms with Crippen LogP contribution in [0.15, 0.2) is 22.8 Å². The third-order valence-corrected chi connectivity index (χ3v) is 2.75. The highest BCUT2D eigenvalue weighted by atomic mass is 32.1. The van der Waals surface area contributed by atoms with Gasteiger partial charge in [-0.3, -0.25) is 0 Å². The van der Waals surface area contributed by atoms with Crippen LogP contribution < -0.4 is 10.5 Å². The molecule has 0 spiro atoms. The Morgan fingerprint density at radius 3 is 2.80 bits per heavy atom. The van der Waals surface area contributed by atoms with Crippen molar-refractivity contribution in [3.05, 3.63) is 28.5 Å². The first-order valence-electron chi connectivity index (χ1n) is 4.49. The SMILES string of the molecule is COc1coc2c(C)ccc(N)c2c1=S. The summed E-state index contributed by atoms with van der Waals surface area (Å²) in [5.74, 6) is 0.537. The molecule has 0 saturated carbocycles. The Morgan fingerprint density at radius 1 is 1.40 bits per heavy atom. The lowest BCUT2D eigenvalue weighted by atomic mass is 10.1. The molecule has 1 aromatic heterocycles.